The minimum atomic E-state index is 0.169. The maximum Gasteiger partial charge on any atom is 0.170 e. The van der Waals surface area contributed by atoms with Crippen molar-refractivity contribution in [3.8, 4) is 0 Å². The van der Waals surface area contributed by atoms with Crippen LogP contribution in [0.1, 0.15) is 16.8 Å². The Labute approximate surface area is 118 Å². The zero-order valence-corrected chi connectivity index (χ0v) is 11.2. The fourth-order valence-corrected chi connectivity index (χ4v) is 3.28. The van der Waals surface area contributed by atoms with E-state index in [-0.39, 0.29) is 5.78 Å². The summed E-state index contributed by atoms with van der Waals surface area (Å²) >= 11 is 0. The van der Waals surface area contributed by atoms with Gasteiger partial charge in [0.15, 0.2) is 5.78 Å². The molecule has 0 N–H and O–H groups in total. The van der Waals surface area contributed by atoms with Crippen molar-refractivity contribution in [3.63, 3.8) is 0 Å². The van der Waals surface area contributed by atoms with Gasteiger partial charge in [0.25, 0.3) is 0 Å². The van der Waals surface area contributed by atoms with Gasteiger partial charge in [-0.2, -0.15) is 0 Å². The molecule has 0 radical (unpaired) electrons. The van der Waals surface area contributed by atoms with Crippen molar-refractivity contribution < 1.29 is 4.79 Å². The van der Waals surface area contributed by atoms with E-state index in [1.165, 1.54) is 5.69 Å². The fraction of sp³-hybridized carbons (Fsp3) is 0.294. The highest BCUT2D eigenvalue weighted by molar-refractivity contribution is 6.10. The van der Waals surface area contributed by atoms with Gasteiger partial charge in [0.2, 0.25) is 0 Å². The maximum atomic E-state index is 11.8. The molecule has 3 heteroatoms. The van der Waals surface area contributed by atoms with Crippen LogP contribution >= 0.6 is 0 Å². The largest absolute Gasteiger partial charge is 0.370 e. The van der Waals surface area contributed by atoms with E-state index in [2.05, 4.69) is 40.3 Å². The summed E-state index contributed by atoms with van der Waals surface area (Å²) in [5, 5.41) is 0. The third kappa shape index (κ3) is 1.82. The molecule has 1 aromatic rings. The van der Waals surface area contributed by atoms with Crippen molar-refractivity contribution in [3.05, 3.63) is 48.1 Å². The van der Waals surface area contributed by atoms with Gasteiger partial charge in [-0.05, 0) is 18.2 Å². The quantitative estimate of drug-likeness (QED) is 0.780. The highest BCUT2D eigenvalue weighted by Crippen LogP contribution is 2.35. The van der Waals surface area contributed by atoms with Gasteiger partial charge in [0, 0.05) is 48.8 Å². The predicted octanol–water partition coefficient (Wildman–Crippen LogP) is 3.15. The zero-order valence-electron chi connectivity index (χ0n) is 11.2. The molecule has 2 heterocycles. The number of allylic oxidation sites excluding steroid dienone is 2. The third-order valence-electron chi connectivity index (χ3n) is 4.39. The Bertz CT molecular complexity index is 637. The van der Waals surface area contributed by atoms with Crippen LogP contribution in [0.15, 0.2) is 47.5 Å². The van der Waals surface area contributed by atoms with E-state index in [4.69, 9.17) is 0 Å². The van der Waals surface area contributed by atoms with Gasteiger partial charge in [0.05, 0.1) is 5.69 Å². The lowest BCUT2D eigenvalue weighted by Gasteiger charge is -2.20. The Morgan fingerprint density at radius 1 is 1.10 bits per heavy atom. The number of hydrogen-bond acceptors (Lipinski definition) is 3. The number of rotatable bonds is 1. The SMILES string of the molecule is O=C1CC=Nc2cc(N3CC4C=CC=CC4C3)ccc21. The number of nitrogens with zero attached hydrogens (tertiary/aromatic N) is 2. The van der Waals surface area contributed by atoms with E-state index < -0.39 is 0 Å². The fourth-order valence-electron chi connectivity index (χ4n) is 3.28. The van der Waals surface area contributed by atoms with Crippen LogP contribution in [0, 0.1) is 11.8 Å². The number of ketones is 1. The zero-order chi connectivity index (χ0) is 13.5. The van der Waals surface area contributed by atoms with Gasteiger partial charge < -0.3 is 4.90 Å². The van der Waals surface area contributed by atoms with E-state index in [0.717, 1.165) is 24.3 Å². The Hall–Kier alpha value is -2.16. The molecule has 100 valence electrons. The topological polar surface area (TPSA) is 32.7 Å². The molecule has 0 aromatic heterocycles. The minimum Gasteiger partial charge on any atom is -0.370 e. The number of Topliss-reactive ketones (excluding diaryl/α,β-unsaturated/α-hetero) is 1. The molecular weight excluding hydrogens is 248 g/mol. The van der Waals surface area contributed by atoms with E-state index in [9.17, 15) is 4.79 Å². The van der Waals surface area contributed by atoms with E-state index >= 15 is 0 Å². The van der Waals surface area contributed by atoms with Crippen LogP contribution in [0.3, 0.4) is 0 Å². The molecule has 1 aliphatic carbocycles. The molecule has 2 atom stereocenters. The molecule has 0 spiro atoms. The molecule has 3 nitrogen and oxygen atoms in total. The summed E-state index contributed by atoms with van der Waals surface area (Å²) in [5.41, 5.74) is 2.75. The normalized spacial score (nSPS) is 26.8. The lowest BCUT2D eigenvalue weighted by Crippen LogP contribution is -2.19. The summed E-state index contributed by atoms with van der Waals surface area (Å²) in [5.74, 6) is 1.39. The standard InChI is InChI=1S/C17H16N2O/c20-17-7-8-18-16-9-14(5-6-15(16)17)19-10-12-3-1-2-4-13(12)11-19/h1-6,8-9,12-13H,7,10-11H2. The molecule has 0 amide bonds. The van der Waals surface area contributed by atoms with E-state index in [1.807, 2.05) is 12.1 Å². The number of carbonyl (C=O) groups excluding carboxylic acids is 1. The van der Waals surface area contributed by atoms with Gasteiger partial charge in [-0.15, -0.1) is 0 Å². The van der Waals surface area contributed by atoms with Crippen LogP contribution in [0.4, 0.5) is 11.4 Å². The Kier molecular flexibility index (Phi) is 2.59. The van der Waals surface area contributed by atoms with Gasteiger partial charge in [-0.1, -0.05) is 24.3 Å². The van der Waals surface area contributed by atoms with Gasteiger partial charge in [-0.25, -0.2) is 0 Å². The van der Waals surface area contributed by atoms with Crippen molar-refractivity contribution in [2.75, 3.05) is 18.0 Å². The van der Waals surface area contributed by atoms with E-state index in [0.29, 0.717) is 18.3 Å². The lowest BCUT2D eigenvalue weighted by molar-refractivity contribution is 0.100. The van der Waals surface area contributed by atoms with Crippen molar-refractivity contribution in [2.45, 2.75) is 6.42 Å². The number of fused-ring (bicyclic) bond motifs is 2. The highest BCUT2D eigenvalue weighted by Gasteiger charge is 2.30. The smallest absolute Gasteiger partial charge is 0.170 e. The number of hydrogen-bond donors (Lipinski definition) is 0. The monoisotopic (exact) mass is 264 g/mol. The number of anilines is 1. The molecular formula is C17H16N2O. The molecule has 2 aliphatic heterocycles. The number of carbonyl (C=O) groups is 1. The first-order valence-corrected chi connectivity index (χ1v) is 7.11. The lowest BCUT2D eigenvalue weighted by atomic mass is 9.92. The number of aliphatic imine (C=N–C) groups is 1. The van der Waals surface area contributed by atoms with Crippen molar-refractivity contribution in [1.82, 2.24) is 0 Å². The summed E-state index contributed by atoms with van der Waals surface area (Å²) in [6, 6.07) is 6.03. The van der Waals surface area contributed by atoms with Crippen molar-refractivity contribution in [2.24, 2.45) is 16.8 Å². The minimum absolute atomic E-state index is 0.169. The van der Waals surface area contributed by atoms with Crippen molar-refractivity contribution in [1.29, 1.82) is 0 Å². The average Bonchev–Trinajstić information content (AvgIpc) is 2.91. The van der Waals surface area contributed by atoms with Crippen LogP contribution in [0.5, 0.6) is 0 Å². The highest BCUT2D eigenvalue weighted by atomic mass is 16.1. The summed E-state index contributed by atoms with van der Waals surface area (Å²) in [7, 11) is 0. The van der Waals surface area contributed by atoms with Gasteiger partial charge in [0.1, 0.15) is 0 Å². The molecule has 1 saturated heterocycles. The van der Waals surface area contributed by atoms with Crippen LogP contribution in [-0.2, 0) is 0 Å². The molecule has 0 bridgehead atoms. The first kappa shape index (κ1) is 11.6. The number of benzene rings is 1. The van der Waals surface area contributed by atoms with Crippen LogP contribution in [0.25, 0.3) is 0 Å². The average molecular weight is 264 g/mol. The van der Waals surface area contributed by atoms with E-state index in [1.54, 1.807) is 6.21 Å². The summed E-state index contributed by atoms with van der Waals surface area (Å²) in [6.07, 6.45) is 11.0. The molecule has 3 aliphatic rings. The van der Waals surface area contributed by atoms with Gasteiger partial charge >= 0.3 is 0 Å². The van der Waals surface area contributed by atoms with Crippen LogP contribution in [-0.4, -0.2) is 25.1 Å². The van der Waals surface area contributed by atoms with Gasteiger partial charge in [-0.3, -0.25) is 9.79 Å². The molecule has 1 fully saturated rings. The summed E-state index contributed by atoms with van der Waals surface area (Å²) < 4.78 is 0. The Balaban J connectivity index is 1.64. The molecule has 20 heavy (non-hydrogen) atoms. The van der Waals surface area contributed by atoms with Crippen molar-refractivity contribution >= 4 is 23.4 Å². The summed E-state index contributed by atoms with van der Waals surface area (Å²) in [6.45, 7) is 2.09. The molecule has 2 unspecified atom stereocenters. The molecule has 0 saturated carbocycles. The summed E-state index contributed by atoms with van der Waals surface area (Å²) in [4.78, 5) is 18.6. The first-order valence-electron chi connectivity index (χ1n) is 7.11. The van der Waals surface area contributed by atoms with Crippen LogP contribution in [0.2, 0.25) is 0 Å². The maximum absolute atomic E-state index is 11.8. The predicted molar refractivity (Wildman–Crippen MR) is 81.0 cm³/mol. The van der Waals surface area contributed by atoms with Crippen LogP contribution < -0.4 is 4.90 Å². The first-order chi connectivity index (χ1) is 9.81. The molecule has 1 aromatic carbocycles. The second kappa shape index (κ2) is 4.44. The molecule has 4 rings (SSSR count). The second-order valence-corrected chi connectivity index (χ2v) is 5.64. The second-order valence-electron chi connectivity index (χ2n) is 5.64. The Morgan fingerprint density at radius 3 is 2.60 bits per heavy atom. The Morgan fingerprint density at radius 2 is 1.85 bits per heavy atom. The third-order valence-corrected chi connectivity index (χ3v) is 4.39.